The van der Waals surface area contributed by atoms with Crippen LogP contribution in [-0.4, -0.2) is 34.2 Å². The number of carbonyl (C=O) groups excluding carboxylic acids is 2. The number of aromatic nitrogens is 2. The van der Waals surface area contributed by atoms with Crippen molar-refractivity contribution in [2.75, 3.05) is 0 Å². The number of nitrogens with one attached hydrogen (secondary N) is 2. The van der Waals surface area contributed by atoms with Gasteiger partial charge in [-0.05, 0) is 38.3 Å². The normalized spacial score (nSPS) is 12.9. The number of amides is 1. The first kappa shape index (κ1) is 21.2. The molecule has 3 aromatic rings. The smallest absolute Gasteiger partial charge is 0.312 e. The van der Waals surface area contributed by atoms with E-state index in [-0.39, 0.29) is 23.9 Å². The summed E-state index contributed by atoms with van der Waals surface area (Å²) < 4.78 is 5.28. The Kier molecular flexibility index (Phi) is 6.95. The van der Waals surface area contributed by atoms with Gasteiger partial charge in [0.1, 0.15) is 0 Å². The first-order chi connectivity index (χ1) is 14.4. The number of ether oxygens (including phenoxy) is 1. The molecule has 0 bridgehead atoms. The third-order valence-corrected chi connectivity index (χ3v) is 4.86. The molecule has 0 saturated carbocycles. The summed E-state index contributed by atoms with van der Waals surface area (Å²) in [4.78, 5) is 36.5. The molecule has 1 heterocycles. The van der Waals surface area contributed by atoms with Gasteiger partial charge in [0.05, 0.1) is 17.5 Å². The van der Waals surface area contributed by atoms with Crippen molar-refractivity contribution in [3.05, 3.63) is 76.2 Å². The highest BCUT2D eigenvalue weighted by Crippen LogP contribution is 2.13. The number of fused-ring (bicyclic) bond motifs is 1. The van der Waals surface area contributed by atoms with Gasteiger partial charge in [-0.3, -0.25) is 14.4 Å². The third kappa shape index (κ3) is 5.53. The second kappa shape index (κ2) is 9.82. The van der Waals surface area contributed by atoms with Gasteiger partial charge in [0.25, 0.3) is 11.5 Å². The van der Waals surface area contributed by atoms with Crippen LogP contribution in [0.25, 0.3) is 10.8 Å². The van der Waals surface area contributed by atoms with Crippen LogP contribution >= 0.6 is 0 Å². The highest BCUT2D eigenvalue weighted by molar-refractivity contribution is 5.88. The Morgan fingerprint density at radius 3 is 2.43 bits per heavy atom. The Morgan fingerprint density at radius 2 is 1.70 bits per heavy atom. The molecule has 2 aromatic carbocycles. The summed E-state index contributed by atoms with van der Waals surface area (Å²) in [6.07, 6.45) is 0.564. The maximum Gasteiger partial charge on any atom is 0.312 e. The van der Waals surface area contributed by atoms with Crippen molar-refractivity contribution in [1.29, 1.82) is 0 Å². The van der Waals surface area contributed by atoms with Gasteiger partial charge >= 0.3 is 5.97 Å². The Labute approximate surface area is 174 Å². The van der Waals surface area contributed by atoms with Crippen molar-refractivity contribution >= 4 is 22.6 Å². The third-order valence-electron chi connectivity index (χ3n) is 4.86. The lowest BCUT2D eigenvalue weighted by Gasteiger charge is -2.18. The SMILES string of the molecule is C[C@H](CCc1ccccc1)NC(=O)[C@@H](C)OC(=O)Cc1n[nH]c(=O)c2ccccc12. The summed E-state index contributed by atoms with van der Waals surface area (Å²) in [7, 11) is 0. The number of hydrogen-bond donors (Lipinski definition) is 2. The monoisotopic (exact) mass is 407 g/mol. The molecular formula is C23H25N3O4. The number of rotatable bonds is 8. The van der Waals surface area contributed by atoms with Crippen molar-refractivity contribution < 1.29 is 14.3 Å². The van der Waals surface area contributed by atoms with E-state index in [0.29, 0.717) is 16.5 Å². The zero-order valence-corrected chi connectivity index (χ0v) is 17.1. The Bertz CT molecular complexity index is 1080. The molecule has 0 radical (unpaired) electrons. The molecule has 2 atom stereocenters. The average Bonchev–Trinajstić information content (AvgIpc) is 2.75. The van der Waals surface area contributed by atoms with E-state index >= 15 is 0 Å². The van der Waals surface area contributed by atoms with Gasteiger partial charge < -0.3 is 10.1 Å². The molecule has 0 saturated heterocycles. The number of H-pyrrole nitrogens is 1. The number of benzene rings is 2. The molecule has 1 aromatic heterocycles. The van der Waals surface area contributed by atoms with Crippen LogP contribution in [0.5, 0.6) is 0 Å². The number of esters is 1. The fraction of sp³-hybridized carbons (Fsp3) is 0.304. The van der Waals surface area contributed by atoms with Gasteiger partial charge in [-0.25, -0.2) is 5.10 Å². The van der Waals surface area contributed by atoms with Crippen LogP contribution in [0.1, 0.15) is 31.5 Å². The van der Waals surface area contributed by atoms with Crippen LogP contribution in [0, 0.1) is 0 Å². The maximum atomic E-state index is 12.4. The standard InChI is InChI=1S/C23H25N3O4/c1-15(12-13-17-8-4-3-5-9-17)24-22(28)16(2)30-21(27)14-20-18-10-6-7-11-19(18)23(29)26-25-20/h3-11,15-16H,12-14H2,1-2H3,(H,24,28)(H,26,29)/t15-,16-/m1/s1. The van der Waals surface area contributed by atoms with Gasteiger partial charge in [-0.1, -0.05) is 48.5 Å². The largest absolute Gasteiger partial charge is 0.452 e. The van der Waals surface area contributed by atoms with Gasteiger partial charge in [0.15, 0.2) is 6.10 Å². The van der Waals surface area contributed by atoms with E-state index < -0.39 is 12.1 Å². The molecule has 30 heavy (non-hydrogen) atoms. The molecular weight excluding hydrogens is 382 g/mol. The molecule has 0 spiro atoms. The number of aryl methyl sites for hydroxylation is 1. The zero-order chi connectivity index (χ0) is 21.5. The number of aromatic amines is 1. The van der Waals surface area contributed by atoms with E-state index in [0.717, 1.165) is 12.8 Å². The second-order valence-electron chi connectivity index (χ2n) is 7.29. The van der Waals surface area contributed by atoms with Crippen molar-refractivity contribution in [2.45, 2.75) is 45.3 Å². The summed E-state index contributed by atoms with van der Waals surface area (Å²) in [5.41, 5.74) is 1.29. The Hall–Kier alpha value is -3.48. The lowest BCUT2D eigenvalue weighted by molar-refractivity contribution is -0.154. The zero-order valence-electron chi connectivity index (χ0n) is 17.1. The van der Waals surface area contributed by atoms with E-state index in [4.69, 9.17) is 4.74 Å². The van der Waals surface area contributed by atoms with E-state index in [1.54, 1.807) is 24.3 Å². The van der Waals surface area contributed by atoms with E-state index in [9.17, 15) is 14.4 Å². The summed E-state index contributed by atoms with van der Waals surface area (Å²) in [5.74, 6) is -0.928. The number of hydrogen-bond acceptors (Lipinski definition) is 5. The van der Waals surface area contributed by atoms with E-state index in [2.05, 4.69) is 15.5 Å². The molecule has 0 aliphatic heterocycles. The Balaban J connectivity index is 1.52. The summed E-state index contributed by atoms with van der Waals surface area (Å²) in [5, 5.41) is 10.3. The van der Waals surface area contributed by atoms with E-state index in [1.165, 1.54) is 12.5 Å². The average molecular weight is 407 g/mol. The lowest BCUT2D eigenvalue weighted by atomic mass is 10.1. The topological polar surface area (TPSA) is 101 Å². The van der Waals surface area contributed by atoms with E-state index in [1.807, 2.05) is 37.3 Å². The fourth-order valence-electron chi connectivity index (χ4n) is 3.20. The molecule has 0 aliphatic rings. The van der Waals surface area contributed by atoms with Crippen LogP contribution in [-0.2, 0) is 27.2 Å². The van der Waals surface area contributed by atoms with Crippen LogP contribution in [0.4, 0.5) is 0 Å². The predicted molar refractivity (Wildman–Crippen MR) is 114 cm³/mol. The molecule has 0 fully saturated rings. The molecule has 3 rings (SSSR count). The predicted octanol–water partition coefficient (Wildman–Crippen LogP) is 2.53. The van der Waals surface area contributed by atoms with Crippen molar-refractivity contribution in [3.63, 3.8) is 0 Å². The molecule has 156 valence electrons. The van der Waals surface area contributed by atoms with Crippen molar-refractivity contribution in [1.82, 2.24) is 15.5 Å². The second-order valence-corrected chi connectivity index (χ2v) is 7.29. The van der Waals surface area contributed by atoms with Gasteiger partial charge in [0, 0.05) is 11.4 Å². The van der Waals surface area contributed by atoms with Crippen LogP contribution < -0.4 is 10.9 Å². The summed E-state index contributed by atoms with van der Waals surface area (Å²) >= 11 is 0. The molecule has 0 aliphatic carbocycles. The lowest BCUT2D eigenvalue weighted by Crippen LogP contribution is -2.41. The minimum absolute atomic E-state index is 0.0522. The van der Waals surface area contributed by atoms with Gasteiger partial charge in [-0.2, -0.15) is 5.10 Å². The number of carbonyl (C=O) groups is 2. The first-order valence-electron chi connectivity index (χ1n) is 9.94. The summed E-state index contributed by atoms with van der Waals surface area (Å²) in [6, 6.07) is 16.9. The van der Waals surface area contributed by atoms with Crippen LogP contribution in [0.3, 0.4) is 0 Å². The van der Waals surface area contributed by atoms with Crippen molar-refractivity contribution in [3.8, 4) is 0 Å². The number of nitrogens with zero attached hydrogens (tertiary/aromatic N) is 1. The first-order valence-corrected chi connectivity index (χ1v) is 9.94. The minimum Gasteiger partial charge on any atom is -0.452 e. The molecule has 7 heteroatoms. The van der Waals surface area contributed by atoms with Gasteiger partial charge in [-0.15, -0.1) is 0 Å². The fourth-order valence-corrected chi connectivity index (χ4v) is 3.20. The Morgan fingerprint density at radius 1 is 1.03 bits per heavy atom. The quantitative estimate of drug-likeness (QED) is 0.559. The summed E-state index contributed by atoms with van der Waals surface area (Å²) in [6.45, 7) is 3.46. The highest BCUT2D eigenvalue weighted by atomic mass is 16.5. The van der Waals surface area contributed by atoms with Crippen molar-refractivity contribution in [2.24, 2.45) is 0 Å². The molecule has 7 nitrogen and oxygen atoms in total. The van der Waals surface area contributed by atoms with Crippen LogP contribution in [0.15, 0.2) is 59.4 Å². The highest BCUT2D eigenvalue weighted by Gasteiger charge is 2.20. The van der Waals surface area contributed by atoms with Crippen LogP contribution in [0.2, 0.25) is 0 Å². The molecule has 2 N–H and O–H groups in total. The maximum absolute atomic E-state index is 12.4. The van der Waals surface area contributed by atoms with Gasteiger partial charge in [0.2, 0.25) is 0 Å². The molecule has 0 unspecified atom stereocenters. The molecule has 1 amide bonds. The minimum atomic E-state index is -0.925.